The van der Waals surface area contributed by atoms with E-state index in [1.165, 1.54) is 0 Å². The van der Waals surface area contributed by atoms with E-state index in [1.807, 2.05) is 36.4 Å². The number of hydrogen-bond donors (Lipinski definition) is 0. The van der Waals surface area contributed by atoms with Crippen LogP contribution < -0.4 is 0 Å². The second-order valence-electron chi connectivity index (χ2n) is 5.59. The number of halogens is 1. The highest BCUT2D eigenvalue weighted by molar-refractivity contribution is 6.30. The first-order valence-electron chi connectivity index (χ1n) is 6.12. The molecule has 1 nitrogen and oxygen atoms in total. The van der Waals surface area contributed by atoms with Gasteiger partial charge in [0.2, 0.25) is 0 Å². The van der Waals surface area contributed by atoms with Crippen molar-refractivity contribution in [2.75, 3.05) is 0 Å². The quantitative estimate of drug-likeness (QED) is 0.755. The summed E-state index contributed by atoms with van der Waals surface area (Å²) in [6, 6.07) is 7.69. The monoisotopic (exact) mass is 260 g/mol. The Morgan fingerprint density at radius 2 is 2.00 bits per heavy atom. The van der Waals surface area contributed by atoms with E-state index in [0.717, 1.165) is 22.6 Å². The predicted molar refractivity (Wildman–Crippen MR) is 76.6 cm³/mol. The Labute approximate surface area is 113 Å². The Hall–Kier alpha value is -1.34. The number of benzene rings is 1. The lowest BCUT2D eigenvalue weighted by atomic mass is 9.77. The number of allylic oxidation sites excluding steroid dienone is 3. The van der Waals surface area contributed by atoms with E-state index >= 15 is 0 Å². The Morgan fingerprint density at radius 3 is 2.67 bits per heavy atom. The van der Waals surface area contributed by atoms with Crippen molar-refractivity contribution in [2.24, 2.45) is 5.41 Å². The van der Waals surface area contributed by atoms with Crippen LogP contribution in [0.1, 0.15) is 32.3 Å². The van der Waals surface area contributed by atoms with Crippen molar-refractivity contribution in [1.82, 2.24) is 0 Å². The fourth-order valence-electron chi connectivity index (χ4n) is 2.32. The molecule has 0 aliphatic heterocycles. The number of ketones is 1. The highest BCUT2D eigenvalue weighted by atomic mass is 35.5. The Bertz CT molecular complexity index is 524. The smallest absolute Gasteiger partial charge is 0.156 e. The Kier molecular flexibility index (Phi) is 3.72. The molecule has 94 valence electrons. The van der Waals surface area contributed by atoms with Crippen molar-refractivity contribution in [3.8, 4) is 0 Å². The van der Waals surface area contributed by atoms with Crippen molar-refractivity contribution in [2.45, 2.75) is 26.7 Å². The van der Waals surface area contributed by atoms with Crippen LogP contribution in [-0.4, -0.2) is 5.78 Å². The maximum Gasteiger partial charge on any atom is 0.156 e. The summed E-state index contributed by atoms with van der Waals surface area (Å²) in [5.41, 5.74) is 2.22. The standard InChI is InChI=1S/C16H17ClO/c1-16(2)10-13(9-15(18)11-16)7-6-12-4-3-5-14(17)8-12/h3-9H,10-11H2,1-2H3. The van der Waals surface area contributed by atoms with Gasteiger partial charge < -0.3 is 0 Å². The van der Waals surface area contributed by atoms with Crippen LogP contribution in [0.5, 0.6) is 0 Å². The largest absolute Gasteiger partial charge is 0.295 e. The molecule has 1 aromatic rings. The summed E-state index contributed by atoms with van der Waals surface area (Å²) in [6.45, 7) is 4.26. The van der Waals surface area contributed by atoms with Gasteiger partial charge in [-0.2, -0.15) is 0 Å². The molecule has 0 aromatic heterocycles. The lowest BCUT2D eigenvalue weighted by Gasteiger charge is -2.27. The molecule has 0 amide bonds. The molecule has 0 fully saturated rings. The highest BCUT2D eigenvalue weighted by Gasteiger charge is 2.26. The van der Waals surface area contributed by atoms with Crippen LogP contribution in [0.25, 0.3) is 6.08 Å². The van der Waals surface area contributed by atoms with Crippen LogP contribution in [0.2, 0.25) is 5.02 Å². The van der Waals surface area contributed by atoms with E-state index in [4.69, 9.17) is 11.6 Å². The van der Waals surface area contributed by atoms with Crippen LogP contribution in [0.15, 0.2) is 42.0 Å². The van der Waals surface area contributed by atoms with E-state index in [-0.39, 0.29) is 11.2 Å². The third-order valence-electron chi connectivity index (χ3n) is 3.02. The van der Waals surface area contributed by atoms with E-state index in [0.29, 0.717) is 6.42 Å². The topological polar surface area (TPSA) is 17.1 Å². The molecule has 0 radical (unpaired) electrons. The third-order valence-corrected chi connectivity index (χ3v) is 3.26. The number of rotatable bonds is 2. The first kappa shape index (κ1) is 13.1. The fraction of sp³-hybridized carbons (Fsp3) is 0.312. The van der Waals surface area contributed by atoms with Gasteiger partial charge in [0.05, 0.1) is 0 Å². The van der Waals surface area contributed by atoms with Gasteiger partial charge in [-0.15, -0.1) is 0 Å². The molecule has 1 aromatic carbocycles. The zero-order valence-electron chi connectivity index (χ0n) is 10.7. The molecule has 0 heterocycles. The number of hydrogen-bond acceptors (Lipinski definition) is 1. The molecule has 1 aliphatic carbocycles. The minimum Gasteiger partial charge on any atom is -0.295 e. The SMILES string of the molecule is CC1(C)CC(=O)C=C(C=Cc2cccc(Cl)c2)C1. The summed E-state index contributed by atoms with van der Waals surface area (Å²) in [4.78, 5) is 11.6. The van der Waals surface area contributed by atoms with Gasteiger partial charge in [-0.3, -0.25) is 4.79 Å². The summed E-state index contributed by atoms with van der Waals surface area (Å²) in [7, 11) is 0. The third kappa shape index (κ3) is 3.58. The molecule has 18 heavy (non-hydrogen) atoms. The second kappa shape index (κ2) is 5.11. The van der Waals surface area contributed by atoms with Crippen molar-refractivity contribution < 1.29 is 4.79 Å². The van der Waals surface area contributed by atoms with Crippen molar-refractivity contribution in [1.29, 1.82) is 0 Å². The summed E-state index contributed by atoms with van der Waals surface area (Å²) >= 11 is 5.93. The summed E-state index contributed by atoms with van der Waals surface area (Å²) in [6.07, 6.45) is 7.36. The minimum atomic E-state index is 0.0693. The second-order valence-corrected chi connectivity index (χ2v) is 6.03. The normalized spacial score (nSPS) is 19.1. The molecular formula is C16H17ClO. The van der Waals surface area contributed by atoms with E-state index in [1.54, 1.807) is 6.08 Å². The molecule has 0 saturated heterocycles. The summed E-state index contributed by atoms with van der Waals surface area (Å²) < 4.78 is 0. The number of carbonyl (C=O) groups excluding carboxylic acids is 1. The maximum atomic E-state index is 11.6. The Balaban J connectivity index is 2.16. The van der Waals surface area contributed by atoms with Gasteiger partial charge in [0.15, 0.2) is 5.78 Å². The van der Waals surface area contributed by atoms with E-state index < -0.39 is 0 Å². The average Bonchev–Trinajstić information content (AvgIpc) is 2.24. The van der Waals surface area contributed by atoms with Crippen molar-refractivity contribution in [3.63, 3.8) is 0 Å². The molecule has 2 heteroatoms. The van der Waals surface area contributed by atoms with Crippen LogP contribution in [0.4, 0.5) is 0 Å². The van der Waals surface area contributed by atoms with Crippen molar-refractivity contribution >= 4 is 23.5 Å². The van der Waals surface area contributed by atoms with Crippen LogP contribution in [-0.2, 0) is 4.79 Å². The first-order chi connectivity index (χ1) is 8.44. The van der Waals surface area contributed by atoms with Gasteiger partial charge in [0.25, 0.3) is 0 Å². The van der Waals surface area contributed by atoms with E-state index in [2.05, 4.69) is 13.8 Å². The molecule has 0 spiro atoms. The molecule has 0 unspecified atom stereocenters. The average molecular weight is 261 g/mol. The lowest BCUT2D eigenvalue weighted by Crippen LogP contribution is -2.21. The van der Waals surface area contributed by atoms with Gasteiger partial charge in [0.1, 0.15) is 0 Å². The molecule has 0 atom stereocenters. The Morgan fingerprint density at radius 1 is 1.22 bits per heavy atom. The van der Waals surface area contributed by atoms with Gasteiger partial charge in [0, 0.05) is 11.4 Å². The van der Waals surface area contributed by atoms with Crippen LogP contribution in [0.3, 0.4) is 0 Å². The van der Waals surface area contributed by atoms with Gasteiger partial charge in [-0.05, 0) is 41.2 Å². The van der Waals surface area contributed by atoms with E-state index in [9.17, 15) is 4.79 Å². The van der Waals surface area contributed by atoms with Crippen LogP contribution in [0, 0.1) is 5.41 Å². The lowest BCUT2D eigenvalue weighted by molar-refractivity contribution is -0.116. The summed E-state index contributed by atoms with van der Waals surface area (Å²) in [5, 5.41) is 0.728. The molecule has 0 bridgehead atoms. The molecule has 0 saturated carbocycles. The molecule has 1 aliphatic rings. The van der Waals surface area contributed by atoms with Gasteiger partial charge in [-0.25, -0.2) is 0 Å². The highest BCUT2D eigenvalue weighted by Crippen LogP contribution is 2.34. The summed E-state index contributed by atoms with van der Waals surface area (Å²) in [5.74, 6) is 0.219. The van der Waals surface area contributed by atoms with Crippen LogP contribution >= 0.6 is 11.6 Å². The number of carbonyl (C=O) groups is 1. The van der Waals surface area contributed by atoms with Gasteiger partial charge >= 0.3 is 0 Å². The zero-order valence-corrected chi connectivity index (χ0v) is 11.5. The first-order valence-corrected chi connectivity index (χ1v) is 6.49. The molecule has 2 rings (SSSR count). The predicted octanol–water partition coefficient (Wildman–Crippen LogP) is 4.67. The zero-order chi connectivity index (χ0) is 13.2. The fourth-order valence-corrected chi connectivity index (χ4v) is 2.51. The van der Waals surface area contributed by atoms with Crippen molar-refractivity contribution in [3.05, 3.63) is 52.6 Å². The molecule has 0 N–H and O–H groups in total. The van der Waals surface area contributed by atoms with Gasteiger partial charge in [-0.1, -0.05) is 49.7 Å². The minimum absolute atomic E-state index is 0.0693. The maximum absolute atomic E-state index is 11.6. The molecular weight excluding hydrogens is 244 g/mol.